The van der Waals surface area contributed by atoms with E-state index in [1.54, 1.807) is 24.4 Å². The van der Waals surface area contributed by atoms with Gasteiger partial charge in [-0.25, -0.2) is 9.37 Å². The van der Waals surface area contributed by atoms with Crippen LogP contribution < -0.4 is 5.73 Å². The van der Waals surface area contributed by atoms with Crippen LogP contribution in [0.1, 0.15) is 17.3 Å². The summed E-state index contributed by atoms with van der Waals surface area (Å²) in [5.41, 5.74) is 7.05. The summed E-state index contributed by atoms with van der Waals surface area (Å²) < 4.78 is 13.1. The number of hydrogen-bond donors (Lipinski definition) is 2. The van der Waals surface area contributed by atoms with Gasteiger partial charge >= 0.3 is 5.97 Å². The van der Waals surface area contributed by atoms with E-state index in [1.165, 1.54) is 17.4 Å². The van der Waals surface area contributed by atoms with Gasteiger partial charge in [0, 0.05) is 10.9 Å². The summed E-state index contributed by atoms with van der Waals surface area (Å²) >= 11 is 1.29. The zero-order valence-electron chi connectivity index (χ0n) is 9.55. The maximum Gasteiger partial charge on any atom is 0.326 e. The van der Waals surface area contributed by atoms with Gasteiger partial charge in [-0.15, -0.1) is 11.3 Å². The molecule has 0 aliphatic heterocycles. The number of aliphatic carboxylic acids is 1. The second-order valence-electron chi connectivity index (χ2n) is 3.86. The number of hydrogen-bond acceptors (Lipinski definition) is 4. The minimum absolute atomic E-state index is 0.280. The molecule has 4 nitrogen and oxygen atoms in total. The molecule has 1 unspecified atom stereocenters. The van der Waals surface area contributed by atoms with Crippen molar-refractivity contribution >= 4 is 17.3 Å². The maximum absolute atomic E-state index is 13.1. The fourth-order valence-electron chi connectivity index (χ4n) is 1.47. The Morgan fingerprint density at radius 2 is 2.28 bits per heavy atom. The molecule has 94 valence electrons. The number of rotatable bonds is 3. The number of halogens is 1. The van der Waals surface area contributed by atoms with E-state index in [0.717, 1.165) is 5.56 Å². The summed E-state index contributed by atoms with van der Waals surface area (Å²) in [6, 6.07) is 3.51. The Bertz CT molecular complexity index is 598. The number of nitrogens with two attached hydrogens (primary N) is 1. The lowest BCUT2D eigenvalue weighted by Crippen LogP contribution is -2.20. The number of thiazole rings is 1. The minimum atomic E-state index is -1.13. The van der Waals surface area contributed by atoms with Crippen molar-refractivity contribution in [2.75, 3.05) is 0 Å². The van der Waals surface area contributed by atoms with E-state index >= 15 is 0 Å². The van der Waals surface area contributed by atoms with Gasteiger partial charge in [0.1, 0.15) is 16.9 Å². The Hall–Kier alpha value is -1.79. The van der Waals surface area contributed by atoms with Gasteiger partial charge in [0.15, 0.2) is 0 Å². The summed E-state index contributed by atoms with van der Waals surface area (Å²) in [5.74, 6) is -1.40. The second-order valence-corrected chi connectivity index (χ2v) is 4.72. The highest BCUT2D eigenvalue weighted by Gasteiger charge is 2.18. The summed E-state index contributed by atoms with van der Waals surface area (Å²) in [5, 5.41) is 11.0. The van der Waals surface area contributed by atoms with E-state index in [0.29, 0.717) is 16.3 Å². The number of carbonyl (C=O) groups is 1. The Morgan fingerprint density at radius 3 is 2.89 bits per heavy atom. The first-order valence-electron chi connectivity index (χ1n) is 5.19. The molecular weight excluding hydrogens is 255 g/mol. The van der Waals surface area contributed by atoms with Crippen LogP contribution in [0.3, 0.4) is 0 Å². The Labute approximate surface area is 107 Å². The first-order chi connectivity index (χ1) is 8.49. The molecular formula is C12H11FN2O2S. The van der Waals surface area contributed by atoms with Crippen molar-refractivity contribution in [3.63, 3.8) is 0 Å². The van der Waals surface area contributed by atoms with E-state index in [2.05, 4.69) is 4.98 Å². The minimum Gasteiger partial charge on any atom is -0.480 e. The Balaban J connectivity index is 2.35. The van der Waals surface area contributed by atoms with Gasteiger partial charge in [-0.2, -0.15) is 0 Å². The number of aromatic nitrogens is 1. The first-order valence-corrected chi connectivity index (χ1v) is 6.07. The molecule has 0 spiro atoms. The van der Waals surface area contributed by atoms with Crippen LogP contribution in [0.25, 0.3) is 10.6 Å². The molecule has 6 heteroatoms. The topological polar surface area (TPSA) is 76.2 Å². The van der Waals surface area contributed by atoms with Gasteiger partial charge in [0.25, 0.3) is 0 Å². The van der Waals surface area contributed by atoms with Crippen LogP contribution in [0.2, 0.25) is 0 Å². The molecule has 1 aromatic carbocycles. The molecule has 3 N–H and O–H groups in total. The third-order valence-electron chi connectivity index (χ3n) is 2.51. The van der Waals surface area contributed by atoms with Gasteiger partial charge in [0.2, 0.25) is 0 Å². The average molecular weight is 266 g/mol. The van der Waals surface area contributed by atoms with Gasteiger partial charge < -0.3 is 10.8 Å². The summed E-state index contributed by atoms with van der Waals surface area (Å²) in [6.07, 6.45) is 0. The molecule has 0 saturated carbocycles. The molecule has 0 aliphatic rings. The standard InChI is InChI=1S/C12H11FN2O2S/c1-6-4-7(2-3-8(6)13)11-15-9(5-18-11)10(14)12(16)17/h2-5,10H,14H2,1H3,(H,16,17). The zero-order chi connectivity index (χ0) is 13.3. The van der Waals surface area contributed by atoms with Gasteiger partial charge in [-0.3, -0.25) is 4.79 Å². The largest absolute Gasteiger partial charge is 0.480 e. The molecule has 0 fully saturated rings. The van der Waals surface area contributed by atoms with Gasteiger partial charge in [0.05, 0.1) is 5.69 Å². The lowest BCUT2D eigenvalue weighted by Gasteiger charge is -2.02. The van der Waals surface area contributed by atoms with Crippen LogP contribution in [0.15, 0.2) is 23.6 Å². The SMILES string of the molecule is Cc1cc(-c2nc(C(N)C(=O)O)cs2)ccc1F. The summed E-state index contributed by atoms with van der Waals surface area (Å²) in [7, 11) is 0. The smallest absolute Gasteiger partial charge is 0.326 e. The van der Waals surface area contributed by atoms with Crippen LogP contribution in [0.5, 0.6) is 0 Å². The molecule has 0 aliphatic carbocycles. The third kappa shape index (κ3) is 2.39. The van der Waals surface area contributed by atoms with Crippen molar-refractivity contribution in [2.24, 2.45) is 5.73 Å². The highest BCUT2D eigenvalue weighted by atomic mass is 32.1. The van der Waals surface area contributed by atoms with Gasteiger partial charge in [-0.05, 0) is 30.7 Å². The Kier molecular flexibility index (Phi) is 3.40. The van der Waals surface area contributed by atoms with E-state index in [4.69, 9.17) is 10.8 Å². The maximum atomic E-state index is 13.1. The zero-order valence-corrected chi connectivity index (χ0v) is 10.4. The van der Waals surface area contributed by atoms with Crippen LogP contribution in [0, 0.1) is 12.7 Å². The predicted molar refractivity (Wildman–Crippen MR) is 66.8 cm³/mol. The molecule has 18 heavy (non-hydrogen) atoms. The van der Waals surface area contributed by atoms with E-state index in [1.807, 2.05) is 0 Å². The molecule has 0 saturated heterocycles. The van der Waals surface area contributed by atoms with Crippen LogP contribution >= 0.6 is 11.3 Å². The van der Waals surface area contributed by atoms with Crippen molar-refractivity contribution in [3.05, 3.63) is 40.7 Å². The first kappa shape index (κ1) is 12.7. The van der Waals surface area contributed by atoms with Crippen molar-refractivity contribution in [1.82, 2.24) is 4.98 Å². The molecule has 0 amide bonds. The molecule has 2 rings (SSSR count). The summed E-state index contributed by atoms with van der Waals surface area (Å²) in [4.78, 5) is 14.9. The normalized spacial score (nSPS) is 12.4. The summed E-state index contributed by atoms with van der Waals surface area (Å²) in [6.45, 7) is 1.66. The number of aryl methyl sites for hydroxylation is 1. The molecule has 2 aromatic rings. The number of carboxylic acids is 1. The van der Waals surface area contributed by atoms with Crippen molar-refractivity contribution < 1.29 is 14.3 Å². The number of nitrogens with zero attached hydrogens (tertiary/aromatic N) is 1. The molecule has 1 atom stereocenters. The highest BCUT2D eigenvalue weighted by Crippen LogP contribution is 2.27. The van der Waals surface area contributed by atoms with Crippen molar-refractivity contribution in [1.29, 1.82) is 0 Å². The predicted octanol–water partition coefficient (Wildman–Crippen LogP) is 2.34. The highest BCUT2D eigenvalue weighted by molar-refractivity contribution is 7.13. The molecule has 0 bridgehead atoms. The van der Waals surface area contributed by atoms with E-state index < -0.39 is 12.0 Å². The van der Waals surface area contributed by atoms with Crippen LogP contribution in [0.4, 0.5) is 4.39 Å². The molecule has 0 radical (unpaired) electrons. The van der Waals surface area contributed by atoms with Crippen molar-refractivity contribution in [2.45, 2.75) is 13.0 Å². The van der Waals surface area contributed by atoms with Crippen LogP contribution in [-0.4, -0.2) is 16.1 Å². The fourth-order valence-corrected chi connectivity index (χ4v) is 2.32. The lowest BCUT2D eigenvalue weighted by atomic mass is 10.1. The third-order valence-corrected chi connectivity index (χ3v) is 3.42. The monoisotopic (exact) mass is 266 g/mol. The average Bonchev–Trinajstić information content (AvgIpc) is 2.81. The van der Waals surface area contributed by atoms with Crippen LogP contribution in [-0.2, 0) is 4.79 Å². The molecule has 1 heterocycles. The van der Waals surface area contributed by atoms with E-state index in [9.17, 15) is 9.18 Å². The second kappa shape index (κ2) is 4.83. The Morgan fingerprint density at radius 1 is 1.56 bits per heavy atom. The number of benzene rings is 1. The van der Waals surface area contributed by atoms with Gasteiger partial charge in [-0.1, -0.05) is 0 Å². The van der Waals surface area contributed by atoms with E-state index in [-0.39, 0.29) is 5.82 Å². The lowest BCUT2D eigenvalue weighted by molar-refractivity contribution is -0.138. The number of carboxylic acid groups (broad SMARTS) is 1. The molecule has 1 aromatic heterocycles. The quantitative estimate of drug-likeness (QED) is 0.894. The fraction of sp³-hybridized carbons (Fsp3) is 0.167. The van der Waals surface area contributed by atoms with Crippen molar-refractivity contribution in [3.8, 4) is 10.6 Å².